The molecule has 0 spiro atoms. The number of carbonyl (C=O) groups excluding carboxylic acids is 2. The molecular formula is C16H23ClN2O2. The maximum atomic E-state index is 11.8. The van der Waals surface area contributed by atoms with E-state index >= 15 is 0 Å². The van der Waals surface area contributed by atoms with E-state index in [2.05, 4.69) is 10.6 Å². The van der Waals surface area contributed by atoms with Gasteiger partial charge in [0.25, 0.3) is 5.91 Å². The quantitative estimate of drug-likeness (QED) is 0.760. The Hall–Kier alpha value is -1.55. The summed E-state index contributed by atoms with van der Waals surface area (Å²) in [6, 6.07) is 6.70. The van der Waals surface area contributed by atoms with Gasteiger partial charge in [0.15, 0.2) is 0 Å². The molecule has 0 fully saturated rings. The zero-order chi connectivity index (χ0) is 15.9. The van der Waals surface area contributed by atoms with E-state index < -0.39 is 0 Å². The van der Waals surface area contributed by atoms with Gasteiger partial charge in [0, 0.05) is 29.1 Å². The number of benzene rings is 1. The molecular weight excluding hydrogens is 288 g/mol. The monoisotopic (exact) mass is 310 g/mol. The summed E-state index contributed by atoms with van der Waals surface area (Å²) in [4.78, 5) is 23.6. The Kier molecular flexibility index (Phi) is 6.69. The summed E-state index contributed by atoms with van der Waals surface area (Å²) in [7, 11) is 0. The third-order valence-electron chi connectivity index (χ3n) is 3.33. The average molecular weight is 311 g/mol. The molecule has 0 saturated carbocycles. The van der Waals surface area contributed by atoms with Crippen molar-refractivity contribution in [2.24, 2.45) is 0 Å². The Bertz CT molecular complexity index is 484. The highest BCUT2D eigenvalue weighted by atomic mass is 35.5. The molecule has 0 atom stereocenters. The number of hydrogen-bond acceptors (Lipinski definition) is 2. The molecule has 0 aromatic heterocycles. The van der Waals surface area contributed by atoms with Gasteiger partial charge in [0.1, 0.15) is 0 Å². The first kappa shape index (κ1) is 17.5. The van der Waals surface area contributed by atoms with Crippen molar-refractivity contribution in [3.8, 4) is 0 Å². The van der Waals surface area contributed by atoms with Crippen molar-refractivity contribution in [2.45, 2.75) is 45.6 Å². The first-order valence-corrected chi connectivity index (χ1v) is 7.56. The molecule has 0 aliphatic carbocycles. The summed E-state index contributed by atoms with van der Waals surface area (Å²) in [6.45, 7) is 6.49. The minimum absolute atomic E-state index is 0.0163. The lowest BCUT2D eigenvalue weighted by Crippen LogP contribution is -2.42. The Labute approximate surface area is 131 Å². The molecule has 0 bridgehead atoms. The van der Waals surface area contributed by atoms with E-state index in [0.29, 0.717) is 30.0 Å². The third kappa shape index (κ3) is 6.63. The van der Waals surface area contributed by atoms with Gasteiger partial charge in [-0.2, -0.15) is 0 Å². The van der Waals surface area contributed by atoms with Crippen molar-refractivity contribution in [2.75, 3.05) is 6.54 Å². The highest BCUT2D eigenvalue weighted by Gasteiger charge is 2.17. The van der Waals surface area contributed by atoms with Gasteiger partial charge in [-0.1, -0.05) is 18.5 Å². The number of amides is 2. The maximum absolute atomic E-state index is 11.8. The van der Waals surface area contributed by atoms with Crippen molar-refractivity contribution >= 4 is 23.4 Å². The van der Waals surface area contributed by atoms with Crippen LogP contribution in [0.25, 0.3) is 0 Å². The SMILES string of the molecule is CCC(C)(C)NC(=O)CCCNC(=O)c1ccc(Cl)cc1. The molecule has 2 N–H and O–H groups in total. The van der Waals surface area contributed by atoms with E-state index in [1.54, 1.807) is 24.3 Å². The van der Waals surface area contributed by atoms with E-state index in [4.69, 9.17) is 11.6 Å². The Morgan fingerprint density at radius 3 is 2.38 bits per heavy atom. The molecule has 1 aromatic rings. The summed E-state index contributed by atoms with van der Waals surface area (Å²) < 4.78 is 0. The highest BCUT2D eigenvalue weighted by molar-refractivity contribution is 6.30. The number of hydrogen-bond donors (Lipinski definition) is 2. The van der Waals surface area contributed by atoms with Gasteiger partial charge in [0.05, 0.1) is 0 Å². The third-order valence-corrected chi connectivity index (χ3v) is 3.59. The van der Waals surface area contributed by atoms with Crippen LogP contribution >= 0.6 is 11.6 Å². The van der Waals surface area contributed by atoms with E-state index in [9.17, 15) is 9.59 Å². The van der Waals surface area contributed by atoms with E-state index in [1.165, 1.54) is 0 Å². The second kappa shape index (κ2) is 8.03. The average Bonchev–Trinajstić information content (AvgIpc) is 2.43. The topological polar surface area (TPSA) is 58.2 Å². The first-order valence-electron chi connectivity index (χ1n) is 7.19. The smallest absolute Gasteiger partial charge is 0.251 e. The van der Waals surface area contributed by atoms with Crippen LogP contribution in [0, 0.1) is 0 Å². The summed E-state index contributed by atoms with van der Waals surface area (Å²) in [5.74, 6) is -0.136. The Morgan fingerprint density at radius 1 is 1.19 bits per heavy atom. The van der Waals surface area contributed by atoms with Crippen LogP contribution in [0.3, 0.4) is 0 Å². The first-order chi connectivity index (χ1) is 9.84. The molecule has 21 heavy (non-hydrogen) atoms. The van der Waals surface area contributed by atoms with Gasteiger partial charge in [-0.05, 0) is 51.0 Å². The lowest BCUT2D eigenvalue weighted by Gasteiger charge is -2.24. The molecule has 4 nitrogen and oxygen atoms in total. The molecule has 1 aromatic carbocycles. The summed E-state index contributed by atoms with van der Waals surface area (Å²) in [5.41, 5.74) is 0.389. The van der Waals surface area contributed by atoms with Crippen LogP contribution in [0.2, 0.25) is 5.02 Å². The lowest BCUT2D eigenvalue weighted by molar-refractivity contribution is -0.122. The van der Waals surface area contributed by atoms with Crippen molar-refractivity contribution < 1.29 is 9.59 Å². The molecule has 0 radical (unpaired) electrons. The molecule has 0 saturated heterocycles. The predicted molar refractivity (Wildman–Crippen MR) is 85.5 cm³/mol. The number of carbonyl (C=O) groups is 2. The second-order valence-electron chi connectivity index (χ2n) is 5.65. The fourth-order valence-corrected chi connectivity index (χ4v) is 1.81. The Balaban J connectivity index is 2.26. The second-order valence-corrected chi connectivity index (χ2v) is 6.09. The van der Waals surface area contributed by atoms with Gasteiger partial charge in [0.2, 0.25) is 5.91 Å². The van der Waals surface area contributed by atoms with Gasteiger partial charge < -0.3 is 10.6 Å². The minimum Gasteiger partial charge on any atom is -0.352 e. The summed E-state index contributed by atoms with van der Waals surface area (Å²) >= 11 is 5.77. The highest BCUT2D eigenvalue weighted by Crippen LogP contribution is 2.09. The largest absolute Gasteiger partial charge is 0.352 e. The predicted octanol–water partition coefficient (Wildman–Crippen LogP) is 3.15. The van der Waals surface area contributed by atoms with Crippen molar-refractivity contribution in [3.63, 3.8) is 0 Å². The van der Waals surface area contributed by atoms with Crippen LogP contribution in [0.1, 0.15) is 50.4 Å². The summed E-state index contributed by atoms with van der Waals surface area (Å²) in [5, 5.41) is 6.35. The molecule has 1 rings (SSSR count). The molecule has 0 aliphatic heterocycles. The van der Waals surface area contributed by atoms with E-state index in [-0.39, 0.29) is 17.4 Å². The normalized spacial score (nSPS) is 11.0. The van der Waals surface area contributed by atoms with Gasteiger partial charge in [-0.15, -0.1) is 0 Å². The van der Waals surface area contributed by atoms with Crippen LogP contribution < -0.4 is 10.6 Å². The molecule has 0 aliphatic rings. The van der Waals surface area contributed by atoms with Crippen LogP contribution in [-0.4, -0.2) is 23.9 Å². The molecule has 0 heterocycles. The molecule has 2 amide bonds. The van der Waals surface area contributed by atoms with Gasteiger partial charge in [-0.25, -0.2) is 0 Å². The van der Waals surface area contributed by atoms with Crippen LogP contribution in [0.5, 0.6) is 0 Å². The van der Waals surface area contributed by atoms with Crippen LogP contribution in [0.15, 0.2) is 24.3 Å². The lowest BCUT2D eigenvalue weighted by atomic mass is 10.0. The number of nitrogens with one attached hydrogen (secondary N) is 2. The molecule has 116 valence electrons. The van der Waals surface area contributed by atoms with Gasteiger partial charge in [-0.3, -0.25) is 9.59 Å². The zero-order valence-electron chi connectivity index (χ0n) is 12.8. The summed E-state index contributed by atoms with van der Waals surface area (Å²) in [6.07, 6.45) is 1.90. The van der Waals surface area contributed by atoms with E-state index in [0.717, 1.165) is 6.42 Å². The van der Waals surface area contributed by atoms with E-state index in [1.807, 2.05) is 20.8 Å². The molecule has 0 unspecified atom stereocenters. The number of rotatable bonds is 7. The van der Waals surface area contributed by atoms with Crippen LogP contribution in [0.4, 0.5) is 0 Å². The zero-order valence-corrected chi connectivity index (χ0v) is 13.6. The molecule has 5 heteroatoms. The van der Waals surface area contributed by atoms with Crippen LogP contribution in [-0.2, 0) is 4.79 Å². The van der Waals surface area contributed by atoms with Crippen molar-refractivity contribution in [3.05, 3.63) is 34.9 Å². The minimum atomic E-state index is -0.177. The van der Waals surface area contributed by atoms with Gasteiger partial charge >= 0.3 is 0 Å². The fourth-order valence-electron chi connectivity index (χ4n) is 1.68. The number of halogens is 1. The fraction of sp³-hybridized carbons (Fsp3) is 0.500. The Morgan fingerprint density at radius 2 is 1.81 bits per heavy atom. The standard InChI is InChI=1S/C16H23ClN2O2/c1-4-16(2,3)19-14(20)6-5-11-18-15(21)12-7-9-13(17)10-8-12/h7-10H,4-6,11H2,1-3H3,(H,18,21)(H,19,20). The van der Waals surface area contributed by atoms with Crippen molar-refractivity contribution in [1.82, 2.24) is 10.6 Å². The maximum Gasteiger partial charge on any atom is 0.251 e. The van der Waals surface area contributed by atoms with Crippen molar-refractivity contribution in [1.29, 1.82) is 0 Å².